The largest absolute Gasteiger partial charge is 0.390 e. The monoisotopic (exact) mass is 408 g/mol. The van der Waals surface area contributed by atoms with Crippen molar-refractivity contribution < 1.29 is 9.90 Å². The van der Waals surface area contributed by atoms with Crippen molar-refractivity contribution >= 4 is 21.7 Å². The van der Waals surface area contributed by atoms with E-state index in [1.54, 1.807) is 0 Å². The van der Waals surface area contributed by atoms with Crippen LogP contribution in [-0.4, -0.2) is 21.8 Å². The third-order valence-corrected chi connectivity index (χ3v) is 9.47. The van der Waals surface area contributed by atoms with Crippen molar-refractivity contribution in [2.45, 2.75) is 70.8 Å². The van der Waals surface area contributed by atoms with Crippen molar-refractivity contribution in [3.05, 3.63) is 12.2 Å². The SMILES string of the molecule is C=C(CBr)[C@H]1CC[C@H]2[C@@H]3CC(=O)[C@@H]4C[C@](C)(O)CC[C@@H]4[C@H]3CC[C@]12C. The summed E-state index contributed by atoms with van der Waals surface area (Å²) in [5, 5.41) is 11.4. The maximum atomic E-state index is 13.0. The summed E-state index contributed by atoms with van der Waals surface area (Å²) in [6, 6.07) is 0. The average molecular weight is 409 g/mol. The van der Waals surface area contributed by atoms with Crippen molar-refractivity contribution in [1.29, 1.82) is 0 Å². The van der Waals surface area contributed by atoms with E-state index in [0.717, 1.165) is 24.6 Å². The Kier molecular flexibility index (Phi) is 4.51. The first-order valence-corrected chi connectivity index (χ1v) is 11.4. The molecule has 1 N–H and O–H groups in total. The molecule has 4 rings (SSSR count). The van der Waals surface area contributed by atoms with Gasteiger partial charge in [0.1, 0.15) is 5.78 Å². The Hall–Kier alpha value is -0.150. The van der Waals surface area contributed by atoms with Gasteiger partial charge in [0, 0.05) is 17.7 Å². The number of halogens is 1. The molecule has 0 heterocycles. The second-order valence-electron chi connectivity index (χ2n) is 10.1. The van der Waals surface area contributed by atoms with E-state index >= 15 is 0 Å². The van der Waals surface area contributed by atoms with Crippen LogP contribution in [0.5, 0.6) is 0 Å². The summed E-state index contributed by atoms with van der Waals surface area (Å²) in [5.74, 6) is 3.74. The van der Waals surface area contributed by atoms with Crippen LogP contribution in [0.2, 0.25) is 0 Å². The number of hydrogen-bond donors (Lipinski definition) is 1. The quantitative estimate of drug-likeness (QED) is 0.507. The molecule has 0 aromatic heterocycles. The highest BCUT2D eigenvalue weighted by Crippen LogP contribution is 2.65. The van der Waals surface area contributed by atoms with Crippen LogP contribution in [0.25, 0.3) is 0 Å². The maximum Gasteiger partial charge on any atom is 0.136 e. The van der Waals surface area contributed by atoms with Gasteiger partial charge in [-0.15, -0.1) is 0 Å². The molecule has 4 aliphatic carbocycles. The number of rotatable bonds is 2. The molecule has 0 spiro atoms. The van der Waals surface area contributed by atoms with Gasteiger partial charge in [-0.1, -0.05) is 35.0 Å². The van der Waals surface area contributed by atoms with Crippen LogP contribution in [0.1, 0.15) is 65.2 Å². The predicted molar refractivity (Wildman–Crippen MR) is 105 cm³/mol. The van der Waals surface area contributed by atoms with E-state index in [9.17, 15) is 9.90 Å². The maximum absolute atomic E-state index is 13.0. The van der Waals surface area contributed by atoms with E-state index in [1.165, 1.54) is 31.3 Å². The van der Waals surface area contributed by atoms with Crippen LogP contribution in [0.4, 0.5) is 0 Å². The number of fused-ring (bicyclic) bond motifs is 5. The number of carbonyl (C=O) groups is 1. The van der Waals surface area contributed by atoms with E-state index in [-0.39, 0.29) is 5.92 Å². The highest BCUT2D eigenvalue weighted by molar-refractivity contribution is 9.09. The van der Waals surface area contributed by atoms with Crippen LogP contribution in [0.15, 0.2) is 12.2 Å². The molecule has 8 atom stereocenters. The van der Waals surface area contributed by atoms with Gasteiger partial charge in [0.15, 0.2) is 0 Å². The Bertz CT molecular complexity index is 583. The molecular weight excluding hydrogens is 376 g/mol. The van der Waals surface area contributed by atoms with E-state index in [1.807, 2.05) is 6.92 Å². The lowest BCUT2D eigenvalue weighted by Crippen LogP contribution is -2.53. The van der Waals surface area contributed by atoms with E-state index in [2.05, 4.69) is 29.4 Å². The molecule has 0 bridgehead atoms. The van der Waals surface area contributed by atoms with Crippen molar-refractivity contribution in [1.82, 2.24) is 0 Å². The summed E-state index contributed by atoms with van der Waals surface area (Å²) in [6.07, 6.45) is 8.49. The first-order chi connectivity index (χ1) is 11.8. The van der Waals surface area contributed by atoms with Crippen LogP contribution >= 0.6 is 15.9 Å². The van der Waals surface area contributed by atoms with Crippen molar-refractivity contribution in [3.8, 4) is 0 Å². The van der Waals surface area contributed by atoms with Crippen LogP contribution < -0.4 is 0 Å². The highest BCUT2D eigenvalue weighted by Gasteiger charge is 2.59. The predicted octanol–water partition coefficient (Wildman–Crippen LogP) is 5.14. The molecule has 0 amide bonds. The minimum absolute atomic E-state index is 0.129. The second kappa shape index (κ2) is 6.19. The number of ketones is 1. The summed E-state index contributed by atoms with van der Waals surface area (Å²) in [6.45, 7) is 8.76. The van der Waals surface area contributed by atoms with Gasteiger partial charge in [-0.25, -0.2) is 0 Å². The molecule has 2 nitrogen and oxygen atoms in total. The zero-order valence-corrected chi connectivity index (χ0v) is 17.4. The molecule has 4 fully saturated rings. The Balaban J connectivity index is 1.59. The Labute approximate surface area is 161 Å². The van der Waals surface area contributed by atoms with Gasteiger partial charge < -0.3 is 5.11 Å². The third kappa shape index (κ3) is 2.79. The number of hydrogen-bond acceptors (Lipinski definition) is 2. The summed E-state index contributed by atoms with van der Waals surface area (Å²) < 4.78 is 0. The minimum Gasteiger partial charge on any atom is -0.390 e. The smallest absolute Gasteiger partial charge is 0.136 e. The lowest BCUT2D eigenvalue weighted by molar-refractivity contribution is -0.148. The first-order valence-electron chi connectivity index (χ1n) is 10.3. The molecule has 0 saturated heterocycles. The molecule has 0 aromatic rings. The zero-order chi connectivity index (χ0) is 18.0. The second-order valence-corrected chi connectivity index (χ2v) is 10.6. The topological polar surface area (TPSA) is 37.3 Å². The fourth-order valence-electron chi connectivity index (χ4n) is 7.56. The number of allylic oxidation sites excluding steroid dienone is 1. The van der Waals surface area contributed by atoms with Crippen molar-refractivity contribution in [3.63, 3.8) is 0 Å². The van der Waals surface area contributed by atoms with E-state index in [4.69, 9.17) is 0 Å². The fraction of sp³-hybridized carbons (Fsp3) is 0.864. The van der Waals surface area contributed by atoms with Crippen molar-refractivity contribution in [2.24, 2.45) is 40.9 Å². The first kappa shape index (κ1) is 18.2. The lowest BCUT2D eigenvalue weighted by Gasteiger charge is -2.56. The lowest BCUT2D eigenvalue weighted by atomic mass is 9.48. The molecule has 0 aromatic carbocycles. The standard InChI is InChI=1S/C22H33BrO2/c1-13(12-23)18-4-5-19-16-10-20(24)17-11-21(2,25)8-6-15(17)14(16)7-9-22(18,19)3/h14-19,25H,1,4-12H2,2-3H3/t14-,15-,16-,17-,18-,19+,21-,22-/m1/s1. The molecule has 3 heteroatoms. The van der Waals surface area contributed by atoms with Gasteiger partial charge in [-0.3, -0.25) is 4.79 Å². The van der Waals surface area contributed by atoms with Gasteiger partial charge in [0.25, 0.3) is 0 Å². The van der Waals surface area contributed by atoms with Gasteiger partial charge >= 0.3 is 0 Å². The minimum atomic E-state index is -0.626. The van der Waals surface area contributed by atoms with Gasteiger partial charge in [-0.2, -0.15) is 0 Å². The summed E-state index contributed by atoms with van der Waals surface area (Å²) in [4.78, 5) is 13.0. The van der Waals surface area contributed by atoms with Crippen LogP contribution in [-0.2, 0) is 4.79 Å². The van der Waals surface area contributed by atoms with Crippen LogP contribution in [0.3, 0.4) is 0 Å². The fourth-order valence-corrected chi connectivity index (χ4v) is 7.95. The molecule has 0 radical (unpaired) electrons. The normalized spacial score (nSPS) is 52.2. The summed E-state index contributed by atoms with van der Waals surface area (Å²) in [5.41, 5.74) is 1.08. The molecule has 4 aliphatic rings. The Morgan fingerprint density at radius 2 is 1.88 bits per heavy atom. The average Bonchev–Trinajstić information content (AvgIpc) is 2.91. The van der Waals surface area contributed by atoms with Gasteiger partial charge in [0.2, 0.25) is 0 Å². The van der Waals surface area contributed by atoms with Gasteiger partial charge in [0.05, 0.1) is 5.60 Å². The van der Waals surface area contributed by atoms with E-state index in [0.29, 0.717) is 47.2 Å². The number of carbonyl (C=O) groups excluding carboxylic acids is 1. The van der Waals surface area contributed by atoms with Gasteiger partial charge in [-0.05, 0) is 86.9 Å². The molecule has 4 saturated carbocycles. The Morgan fingerprint density at radius 3 is 2.60 bits per heavy atom. The molecule has 140 valence electrons. The molecule has 0 aliphatic heterocycles. The molecular formula is C22H33BrO2. The van der Waals surface area contributed by atoms with Crippen molar-refractivity contribution in [2.75, 3.05) is 5.33 Å². The third-order valence-electron chi connectivity index (χ3n) is 8.75. The number of Topliss-reactive ketones (excluding diaryl/α,β-unsaturated/α-hetero) is 1. The number of alkyl halides is 1. The summed E-state index contributed by atoms with van der Waals surface area (Å²) in [7, 11) is 0. The summed E-state index contributed by atoms with van der Waals surface area (Å²) >= 11 is 3.62. The van der Waals surface area contributed by atoms with Crippen LogP contribution in [0, 0.1) is 40.9 Å². The number of aliphatic hydroxyl groups is 1. The zero-order valence-electron chi connectivity index (χ0n) is 15.8. The molecule has 0 unspecified atom stereocenters. The Morgan fingerprint density at radius 1 is 1.16 bits per heavy atom. The van der Waals surface area contributed by atoms with E-state index < -0.39 is 5.60 Å². The molecule has 25 heavy (non-hydrogen) atoms. The highest BCUT2D eigenvalue weighted by atomic mass is 79.9.